The molecule has 0 bridgehead atoms. The van der Waals surface area contributed by atoms with Crippen molar-refractivity contribution in [2.24, 2.45) is 0 Å². The minimum Gasteiger partial charge on any atom is -0.197 e. The van der Waals surface area contributed by atoms with E-state index < -0.39 is 0 Å². The average molecular weight is 346 g/mol. The molecule has 0 spiro atoms. The van der Waals surface area contributed by atoms with Gasteiger partial charge in [0.1, 0.15) is 11.0 Å². The van der Waals surface area contributed by atoms with Crippen LogP contribution in [0, 0.1) is 0 Å². The highest BCUT2D eigenvalue weighted by atomic mass is 79.9. The minimum atomic E-state index is 0.426. The number of rotatable bonds is 0. The summed E-state index contributed by atoms with van der Waals surface area (Å²) in [4.78, 5) is 0. The van der Waals surface area contributed by atoms with E-state index in [1.807, 2.05) is 0 Å². The summed E-state index contributed by atoms with van der Waals surface area (Å²) in [7, 11) is 0. The number of aromatic amines is 1. The molecule has 68 valence electrons. The minimum absolute atomic E-state index is 0.426. The first-order valence-corrected chi connectivity index (χ1v) is 5.49. The topological polar surface area (TPSA) is 41.6 Å². The van der Waals surface area contributed by atoms with Crippen LogP contribution in [0.25, 0.3) is 11.0 Å². The molecule has 2 rings (SSSR count). The maximum absolute atomic E-state index is 5.93. The van der Waals surface area contributed by atoms with Crippen molar-refractivity contribution in [3.05, 3.63) is 19.0 Å². The van der Waals surface area contributed by atoms with Gasteiger partial charge in [0.2, 0.25) is 0 Å². The fraction of sp³-hybridized carbons (Fsp3) is 0. The molecule has 1 N–H and O–H groups in total. The number of benzene rings is 1. The summed E-state index contributed by atoms with van der Waals surface area (Å²) in [5, 5.41) is 11.2. The molecule has 0 saturated heterocycles. The number of hydrogen-bond acceptors (Lipinski definition) is 2. The zero-order chi connectivity index (χ0) is 9.59. The van der Waals surface area contributed by atoms with Crippen molar-refractivity contribution >= 4 is 66.1 Å². The lowest BCUT2D eigenvalue weighted by molar-refractivity contribution is 0.958. The number of aromatic nitrogens is 3. The van der Waals surface area contributed by atoms with Crippen LogP contribution in [-0.4, -0.2) is 15.4 Å². The van der Waals surface area contributed by atoms with E-state index in [2.05, 4.69) is 47.3 Å². The summed E-state index contributed by atoms with van der Waals surface area (Å²) >= 11 is 18.4. The molecule has 0 aliphatic carbocycles. The van der Waals surface area contributed by atoms with E-state index in [0.29, 0.717) is 30.0 Å². The molecule has 0 aliphatic heterocycles. The number of hydrogen-bond donors (Lipinski definition) is 1. The molecule has 1 aromatic carbocycles. The van der Waals surface area contributed by atoms with Gasteiger partial charge in [-0.3, -0.25) is 0 Å². The predicted octanol–water partition coefficient (Wildman–Crippen LogP) is 3.79. The Balaban J connectivity index is 3.02. The molecule has 13 heavy (non-hydrogen) atoms. The van der Waals surface area contributed by atoms with E-state index >= 15 is 0 Å². The first-order chi connectivity index (χ1) is 6.13. The Labute approximate surface area is 100 Å². The average Bonchev–Trinajstić information content (AvgIpc) is 2.59. The Morgan fingerprint density at radius 1 is 0.923 bits per heavy atom. The van der Waals surface area contributed by atoms with Crippen LogP contribution in [-0.2, 0) is 0 Å². The lowest BCUT2D eigenvalue weighted by atomic mass is 10.3. The normalized spacial score (nSPS) is 11.1. The monoisotopic (exact) mass is 343 g/mol. The summed E-state index contributed by atoms with van der Waals surface area (Å²) in [6, 6.07) is 0. The zero-order valence-corrected chi connectivity index (χ0v) is 10.6. The lowest BCUT2D eigenvalue weighted by Crippen LogP contribution is -1.80. The maximum atomic E-state index is 5.93. The molecule has 0 atom stereocenters. The molecule has 2 aromatic rings. The van der Waals surface area contributed by atoms with Crippen LogP contribution in [0.2, 0.25) is 10.0 Å². The highest BCUT2D eigenvalue weighted by molar-refractivity contribution is 9.11. The molecule has 7 heteroatoms. The summed E-state index contributed by atoms with van der Waals surface area (Å²) < 4.78 is 1.29. The van der Waals surface area contributed by atoms with E-state index in [1.54, 1.807) is 0 Å². The first kappa shape index (κ1) is 9.71. The summed E-state index contributed by atoms with van der Waals surface area (Å²) in [6.07, 6.45) is 0. The molecular formula is C6HBr2Cl2N3. The third kappa shape index (κ3) is 1.38. The third-order valence-electron chi connectivity index (χ3n) is 1.54. The van der Waals surface area contributed by atoms with Crippen LogP contribution in [0.1, 0.15) is 0 Å². The molecule has 3 nitrogen and oxygen atoms in total. The van der Waals surface area contributed by atoms with Crippen molar-refractivity contribution in [1.29, 1.82) is 0 Å². The van der Waals surface area contributed by atoms with E-state index in [4.69, 9.17) is 23.2 Å². The van der Waals surface area contributed by atoms with Gasteiger partial charge >= 0.3 is 0 Å². The highest BCUT2D eigenvalue weighted by Gasteiger charge is 2.16. The van der Waals surface area contributed by atoms with Crippen molar-refractivity contribution in [3.63, 3.8) is 0 Å². The smallest absolute Gasteiger partial charge is 0.129 e. The molecule has 1 heterocycles. The van der Waals surface area contributed by atoms with Crippen LogP contribution in [0.5, 0.6) is 0 Å². The van der Waals surface area contributed by atoms with Gasteiger partial charge in [-0.25, -0.2) is 0 Å². The number of fused-ring (bicyclic) bond motifs is 1. The fourth-order valence-electron chi connectivity index (χ4n) is 0.938. The van der Waals surface area contributed by atoms with Crippen LogP contribution in [0.3, 0.4) is 0 Å². The maximum Gasteiger partial charge on any atom is 0.129 e. The molecule has 0 amide bonds. The first-order valence-electron chi connectivity index (χ1n) is 3.15. The molecule has 1 aromatic heterocycles. The number of H-pyrrole nitrogens is 1. The van der Waals surface area contributed by atoms with Gasteiger partial charge in [0.15, 0.2) is 0 Å². The summed E-state index contributed by atoms with van der Waals surface area (Å²) in [5.74, 6) is 0. The second kappa shape index (κ2) is 3.38. The standard InChI is InChI=1S/C6HBr2Cl2N3/c7-1-3(9)4(10)2(8)6-5(1)11-13-12-6/h(H,11,12,13). The van der Waals surface area contributed by atoms with E-state index in [-0.39, 0.29) is 0 Å². The van der Waals surface area contributed by atoms with Gasteiger partial charge in [-0.2, -0.15) is 15.4 Å². The van der Waals surface area contributed by atoms with Crippen molar-refractivity contribution in [1.82, 2.24) is 15.4 Å². The van der Waals surface area contributed by atoms with Gasteiger partial charge < -0.3 is 0 Å². The molecule has 0 fully saturated rings. The molecular weight excluding hydrogens is 345 g/mol. The van der Waals surface area contributed by atoms with Gasteiger partial charge in [-0.1, -0.05) is 23.2 Å². The Morgan fingerprint density at radius 3 is 1.69 bits per heavy atom. The van der Waals surface area contributed by atoms with Crippen molar-refractivity contribution in [2.45, 2.75) is 0 Å². The Kier molecular flexibility index (Phi) is 2.53. The van der Waals surface area contributed by atoms with E-state index in [0.717, 1.165) is 0 Å². The summed E-state index contributed by atoms with van der Waals surface area (Å²) in [5.41, 5.74) is 1.31. The second-order valence-corrected chi connectivity index (χ2v) is 4.62. The highest BCUT2D eigenvalue weighted by Crippen LogP contribution is 2.41. The lowest BCUT2D eigenvalue weighted by Gasteiger charge is -2.01. The molecule has 0 unspecified atom stereocenters. The van der Waals surface area contributed by atoms with Crippen LogP contribution < -0.4 is 0 Å². The van der Waals surface area contributed by atoms with Gasteiger partial charge in [0, 0.05) is 0 Å². The van der Waals surface area contributed by atoms with E-state index in [9.17, 15) is 0 Å². The fourth-order valence-corrected chi connectivity index (χ4v) is 2.48. The van der Waals surface area contributed by atoms with Gasteiger partial charge in [-0.15, -0.1) is 0 Å². The largest absolute Gasteiger partial charge is 0.197 e. The summed E-state index contributed by atoms with van der Waals surface area (Å²) in [6.45, 7) is 0. The van der Waals surface area contributed by atoms with E-state index in [1.165, 1.54) is 0 Å². The van der Waals surface area contributed by atoms with Gasteiger partial charge in [-0.05, 0) is 31.9 Å². The van der Waals surface area contributed by atoms with Crippen LogP contribution in [0.15, 0.2) is 8.95 Å². The van der Waals surface area contributed by atoms with Crippen molar-refractivity contribution in [2.75, 3.05) is 0 Å². The second-order valence-electron chi connectivity index (χ2n) is 2.28. The SMILES string of the molecule is Clc1c(Cl)c(Br)c2n[nH]nc2c1Br. The number of nitrogens with one attached hydrogen (secondary N) is 1. The number of halogens is 4. The predicted molar refractivity (Wildman–Crippen MR) is 59.3 cm³/mol. The molecule has 0 radical (unpaired) electrons. The van der Waals surface area contributed by atoms with Crippen LogP contribution >= 0.6 is 55.1 Å². The molecule has 0 aliphatic rings. The van der Waals surface area contributed by atoms with Gasteiger partial charge in [0.05, 0.1) is 19.0 Å². The Morgan fingerprint density at radius 2 is 1.31 bits per heavy atom. The van der Waals surface area contributed by atoms with Crippen LogP contribution in [0.4, 0.5) is 0 Å². The Hall–Kier alpha value is 0.160. The Bertz CT molecular complexity index is 440. The third-order valence-corrected chi connectivity index (χ3v) is 4.40. The van der Waals surface area contributed by atoms with Gasteiger partial charge in [0.25, 0.3) is 0 Å². The quantitative estimate of drug-likeness (QED) is 0.583. The number of nitrogens with zero attached hydrogens (tertiary/aromatic N) is 2. The molecule has 0 saturated carbocycles. The zero-order valence-electron chi connectivity index (χ0n) is 5.91. The van der Waals surface area contributed by atoms with Crippen molar-refractivity contribution in [3.8, 4) is 0 Å². The van der Waals surface area contributed by atoms with Crippen molar-refractivity contribution < 1.29 is 0 Å².